The number of nitrogens with zero attached hydrogens (tertiary/aromatic N) is 2. The fourth-order valence-corrected chi connectivity index (χ4v) is 3.46. The number of hydrogen-bond acceptors (Lipinski definition) is 2. The summed E-state index contributed by atoms with van der Waals surface area (Å²) in [7, 11) is 1.80. The van der Waals surface area contributed by atoms with Gasteiger partial charge in [-0.2, -0.15) is 5.26 Å². The van der Waals surface area contributed by atoms with Crippen molar-refractivity contribution in [1.82, 2.24) is 4.90 Å². The Bertz CT molecular complexity index is 789. The number of nitriles is 1. The van der Waals surface area contributed by atoms with Crippen LogP contribution in [0.15, 0.2) is 42.5 Å². The lowest BCUT2D eigenvalue weighted by molar-refractivity contribution is 0.0692. The Hall–Kier alpha value is -2.60. The zero-order valence-corrected chi connectivity index (χ0v) is 13.7. The molecule has 2 aromatic rings. The van der Waals surface area contributed by atoms with Gasteiger partial charge in [0.15, 0.2) is 0 Å². The van der Waals surface area contributed by atoms with Crippen LogP contribution in [0.25, 0.3) is 0 Å². The van der Waals surface area contributed by atoms with Crippen LogP contribution >= 0.6 is 0 Å². The summed E-state index contributed by atoms with van der Waals surface area (Å²) in [6.45, 7) is 4.10. The van der Waals surface area contributed by atoms with Gasteiger partial charge in [-0.1, -0.05) is 36.4 Å². The maximum Gasteiger partial charge on any atom is 0.254 e. The molecule has 3 rings (SSSR count). The van der Waals surface area contributed by atoms with Crippen molar-refractivity contribution in [3.05, 3.63) is 70.3 Å². The van der Waals surface area contributed by atoms with Gasteiger partial charge in [0.25, 0.3) is 5.91 Å². The Labute approximate surface area is 137 Å². The van der Waals surface area contributed by atoms with Crippen LogP contribution in [0.4, 0.5) is 0 Å². The summed E-state index contributed by atoms with van der Waals surface area (Å²) in [6, 6.07) is 16.4. The Morgan fingerprint density at radius 2 is 1.78 bits per heavy atom. The van der Waals surface area contributed by atoms with E-state index in [1.54, 1.807) is 11.9 Å². The molecule has 0 N–H and O–H groups in total. The molecule has 0 radical (unpaired) electrons. The zero-order chi connectivity index (χ0) is 16.6. The van der Waals surface area contributed by atoms with Crippen LogP contribution in [0, 0.1) is 25.2 Å². The van der Waals surface area contributed by atoms with Crippen LogP contribution in [0.2, 0.25) is 0 Å². The number of benzene rings is 2. The number of amides is 1. The second-order valence-corrected chi connectivity index (χ2v) is 6.26. The highest BCUT2D eigenvalue weighted by Crippen LogP contribution is 2.39. The SMILES string of the molecule is Cc1cc2c(cc1C)C(c1ccccc1)C(CC#N)N(C)C2=O. The first-order valence-electron chi connectivity index (χ1n) is 7.84. The van der Waals surface area contributed by atoms with Gasteiger partial charge in [0, 0.05) is 18.5 Å². The number of fused-ring (bicyclic) bond motifs is 1. The summed E-state index contributed by atoms with van der Waals surface area (Å²) in [5.41, 5.74) is 5.26. The van der Waals surface area contributed by atoms with E-state index in [0.29, 0.717) is 6.42 Å². The third-order valence-electron chi connectivity index (χ3n) is 4.89. The number of likely N-dealkylation sites (N-methyl/N-ethyl adjacent to an activating group) is 1. The Morgan fingerprint density at radius 3 is 2.43 bits per heavy atom. The standard InChI is InChI=1S/C20H20N2O/c1-13-11-16-17(12-14(13)2)20(23)22(3)18(9-10-21)19(16)15-7-5-4-6-8-15/h4-8,11-12,18-19H,9H2,1-3H3. The van der Waals surface area contributed by atoms with Gasteiger partial charge in [-0.25, -0.2) is 0 Å². The fourth-order valence-electron chi connectivity index (χ4n) is 3.46. The lowest BCUT2D eigenvalue weighted by Gasteiger charge is -2.40. The summed E-state index contributed by atoms with van der Waals surface area (Å²) in [5.74, 6) is 0.0448. The molecule has 2 atom stereocenters. The highest BCUT2D eigenvalue weighted by molar-refractivity contribution is 5.98. The van der Waals surface area contributed by atoms with Gasteiger partial charge in [0.05, 0.1) is 18.5 Å². The monoisotopic (exact) mass is 304 g/mol. The van der Waals surface area contributed by atoms with Crippen molar-refractivity contribution >= 4 is 5.91 Å². The van der Waals surface area contributed by atoms with E-state index in [1.165, 1.54) is 5.56 Å². The predicted molar refractivity (Wildman–Crippen MR) is 90.3 cm³/mol. The number of carbonyl (C=O) groups is 1. The molecule has 2 unspecified atom stereocenters. The second kappa shape index (κ2) is 5.89. The van der Waals surface area contributed by atoms with Crippen molar-refractivity contribution in [3.63, 3.8) is 0 Å². The highest BCUT2D eigenvalue weighted by Gasteiger charge is 2.38. The molecule has 116 valence electrons. The molecule has 0 aliphatic carbocycles. The molecule has 1 heterocycles. The quantitative estimate of drug-likeness (QED) is 0.847. The Morgan fingerprint density at radius 1 is 1.13 bits per heavy atom. The molecule has 0 aromatic heterocycles. The average molecular weight is 304 g/mol. The van der Waals surface area contributed by atoms with Crippen LogP contribution in [0.1, 0.15) is 45.0 Å². The lowest BCUT2D eigenvalue weighted by atomic mass is 9.76. The maximum absolute atomic E-state index is 12.8. The van der Waals surface area contributed by atoms with Crippen molar-refractivity contribution < 1.29 is 4.79 Å². The lowest BCUT2D eigenvalue weighted by Crippen LogP contribution is -2.46. The van der Waals surface area contributed by atoms with Crippen molar-refractivity contribution in [2.75, 3.05) is 7.05 Å². The average Bonchev–Trinajstić information content (AvgIpc) is 2.56. The van der Waals surface area contributed by atoms with E-state index in [0.717, 1.165) is 22.3 Å². The Kier molecular flexibility index (Phi) is 3.92. The number of aryl methyl sites for hydroxylation is 2. The summed E-state index contributed by atoms with van der Waals surface area (Å²) in [6.07, 6.45) is 0.328. The summed E-state index contributed by atoms with van der Waals surface area (Å²) < 4.78 is 0. The minimum absolute atomic E-state index is 0.00975. The summed E-state index contributed by atoms with van der Waals surface area (Å²) >= 11 is 0. The van der Waals surface area contributed by atoms with Crippen LogP contribution in [-0.4, -0.2) is 23.9 Å². The molecule has 0 fully saturated rings. The minimum atomic E-state index is -0.135. The third kappa shape index (κ3) is 2.51. The largest absolute Gasteiger partial charge is 0.337 e. The smallest absolute Gasteiger partial charge is 0.254 e. The molecule has 23 heavy (non-hydrogen) atoms. The van der Waals surface area contributed by atoms with Crippen LogP contribution in [0.5, 0.6) is 0 Å². The molecular weight excluding hydrogens is 284 g/mol. The first-order valence-corrected chi connectivity index (χ1v) is 7.84. The molecule has 3 heteroatoms. The third-order valence-corrected chi connectivity index (χ3v) is 4.89. The molecule has 0 saturated carbocycles. The van der Waals surface area contributed by atoms with E-state index in [1.807, 2.05) is 31.2 Å². The van der Waals surface area contributed by atoms with Crippen LogP contribution < -0.4 is 0 Å². The molecule has 1 aliphatic heterocycles. The van der Waals surface area contributed by atoms with Gasteiger partial charge in [0.1, 0.15) is 0 Å². The van der Waals surface area contributed by atoms with Gasteiger partial charge in [0.2, 0.25) is 0 Å². The fraction of sp³-hybridized carbons (Fsp3) is 0.300. The highest BCUT2D eigenvalue weighted by atomic mass is 16.2. The van der Waals surface area contributed by atoms with Gasteiger partial charge >= 0.3 is 0 Å². The van der Waals surface area contributed by atoms with E-state index < -0.39 is 0 Å². The van der Waals surface area contributed by atoms with Gasteiger partial charge < -0.3 is 4.90 Å². The second-order valence-electron chi connectivity index (χ2n) is 6.26. The minimum Gasteiger partial charge on any atom is -0.337 e. The van der Waals surface area contributed by atoms with E-state index in [4.69, 9.17) is 0 Å². The summed E-state index contributed by atoms with van der Waals surface area (Å²) in [5, 5.41) is 9.25. The van der Waals surface area contributed by atoms with Crippen LogP contribution in [0.3, 0.4) is 0 Å². The van der Waals surface area contributed by atoms with Gasteiger partial charge in [-0.3, -0.25) is 4.79 Å². The van der Waals surface area contributed by atoms with E-state index in [2.05, 4.69) is 31.2 Å². The van der Waals surface area contributed by atoms with Crippen molar-refractivity contribution in [2.45, 2.75) is 32.2 Å². The normalized spacial score (nSPS) is 20.1. The molecule has 3 nitrogen and oxygen atoms in total. The first kappa shape index (κ1) is 15.3. The Balaban J connectivity index is 2.25. The predicted octanol–water partition coefficient (Wildman–Crippen LogP) is 3.80. The van der Waals surface area contributed by atoms with Crippen molar-refractivity contribution in [2.24, 2.45) is 0 Å². The number of hydrogen-bond donors (Lipinski definition) is 0. The molecule has 1 amide bonds. The number of carbonyl (C=O) groups excluding carboxylic acids is 1. The van der Waals surface area contributed by atoms with Gasteiger partial charge in [-0.05, 0) is 42.2 Å². The molecule has 0 saturated heterocycles. The molecule has 2 aromatic carbocycles. The maximum atomic E-state index is 12.8. The zero-order valence-electron chi connectivity index (χ0n) is 13.7. The molecule has 1 aliphatic rings. The van der Waals surface area contributed by atoms with Crippen molar-refractivity contribution in [3.8, 4) is 6.07 Å². The van der Waals surface area contributed by atoms with Gasteiger partial charge in [-0.15, -0.1) is 0 Å². The summed E-state index contributed by atoms with van der Waals surface area (Å²) in [4.78, 5) is 14.5. The van der Waals surface area contributed by atoms with E-state index >= 15 is 0 Å². The number of rotatable bonds is 2. The van der Waals surface area contributed by atoms with E-state index in [-0.39, 0.29) is 17.9 Å². The van der Waals surface area contributed by atoms with Crippen molar-refractivity contribution in [1.29, 1.82) is 5.26 Å². The van der Waals surface area contributed by atoms with E-state index in [9.17, 15) is 10.1 Å². The molecule has 0 spiro atoms. The molecule has 0 bridgehead atoms. The molecular formula is C20H20N2O. The topological polar surface area (TPSA) is 44.1 Å². The first-order chi connectivity index (χ1) is 11.0. The van der Waals surface area contributed by atoms with Crippen LogP contribution in [-0.2, 0) is 0 Å².